The number of nitrogens with one attached hydrogen (secondary N) is 1. The van der Waals surface area contributed by atoms with Gasteiger partial charge in [-0.1, -0.05) is 44.2 Å². The minimum atomic E-state index is -0.957. The van der Waals surface area contributed by atoms with Crippen molar-refractivity contribution in [1.82, 2.24) is 10.2 Å². The lowest BCUT2D eigenvalue weighted by Crippen LogP contribution is -2.56. The first-order chi connectivity index (χ1) is 18.0. The van der Waals surface area contributed by atoms with Crippen molar-refractivity contribution in [2.24, 2.45) is 11.8 Å². The van der Waals surface area contributed by atoms with E-state index in [-0.39, 0.29) is 31.4 Å². The molecule has 0 aliphatic heterocycles. The summed E-state index contributed by atoms with van der Waals surface area (Å²) in [5, 5.41) is 23.6. The fourth-order valence-corrected chi connectivity index (χ4v) is 6.63. The van der Waals surface area contributed by atoms with E-state index < -0.39 is 18.2 Å². The van der Waals surface area contributed by atoms with Gasteiger partial charge in [0.25, 0.3) is 0 Å². The average Bonchev–Trinajstić information content (AvgIpc) is 3.42. The van der Waals surface area contributed by atoms with Gasteiger partial charge in [0.1, 0.15) is 18.0 Å². The molecule has 3 unspecified atom stereocenters. The Bertz CT molecular complexity index is 942. The Hall–Kier alpha value is -1.65. The van der Waals surface area contributed by atoms with Gasteiger partial charge in [0.15, 0.2) is 0 Å². The molecular weight excluding hydrogens is 583 g/mol. The second-order valence-corrected chi connectivity index (χ2v) is 12.0. The molecule has 0 heterocycles. The average molecular weight is 625 g/mol. The van der Waals surface area contributed by atoms with Crippen LogP contribution in [0.3, 0.4) is 0 Å². The van der Waals surface area contributed by atoms with E-state index in [4.69, 9.17) is 4.74 Å². The van der Waals surface area contributed by atoms with Crippen LogP contribution in [-0.4, -0.2) is 64.9 Å². The molecule has 0 aromatic heterocycles. The molecule has 3 aliphatic rings. The molecule has 2 saturated carbocycles. The van der Waals surface area contributed by atoms with Gasteiger partial charge >= 0.3 is 0 Å². The summed E-state index contributed by atoms with van der Waals surface area (Å²) >= 11 is 2.19. The highest BCUT2D eigenvalue weighted by Crippen LogP contribution is 2.34. The fraction of sp³-hybridized carbons (Fsp3) is 0.655. The molecule has 8 heteroatoms. The van der Waals surface area contributed by atoms with Crippen molar-refractivity contribution in [3.8, 4) is 5.75 Å². The van der Waals surface area contributed by atoms with Gasteiger partial charge in [0.05, 0.1) is 16.2 Å². The Labute approximate surface area is 234 Å². The highest BCUT2D eigenvalue weighted by atomic mass is 127. The molecule has 3 atom stereocenters. The van der Waals surface area contributed by atoms with E-state index in [9.17, 15) is 19.8 Å². The molecule has 2 amide bonds. The van der Waals surface area contributed by atoms with Crippen LogP contribution in [0.25, 0.3) is 0 Å². The third-order valence-corrected chi connectivity index (χ3v) is 9.04. The monoisotopic (exact) mass is 624 g/mol. The fourth-order valence-electron chi connectivity index (χ4n) is 6.12. The normalized spacial score (nSPS) is 24.9. The predicted molar refractivity (Wildman–Crippen MR) is 151 cm³/mol. The summed E-state index contributed by atoms with van der Waals surface area (Å²) < 4.78 is 7.17. The van der Waals surface area contributed by atoms with Crippen LogP contribution in [0.4, 0.5) is 0 Å². The summed E-state index contributed by atoms with van der Waals surface area (Å²) in [5.41, 5.74) is 0.488. The maximum Gasteiger partial charge on any atom is 0.247 e. The summed E-state index contributed by atoms with van der Waals surface area (Å²) in [6.45, 7) is 0.618. The zero-order valence-corrected chi connectivity index (χ0v) is 23.8. The third-order valence-electron chi connectivity index (χ3n) is 8.15. The van der Waals surface area contributed by atoms with Crippen molar-refractivity contribution in [2.45, 2.75) is 88.9 Å². The number of aliphatic hydroxyl groups is 2. The lowest BCUT2D eigenvalue weighted by atomic mass is 9.85. The molecule has 3 aliphatic carbocycles. The van der Waals surface area contributed by atoms with E-state index in [0.29, 0.717) is 36.1 Å². The van der Waals surface area contributed by atoms with Gasteiger partial charge in [-0.25, -0.2) is 0 Å². The zero-order chi connectivity index (χ0) is 26.2. The van der Waals surface area contributed by atoms with Crippen LogP contribution in [0.1, 0.15) is 70.6 Å². The number of carbonyl (C=O) groups excluding carboxylic acids is 2. The SMILES string of the molecule is O=C(NCCO)C1=CC(Oc2ccccc2I)C(O)C(N(CC2CCCCC2)C(=O)CC2CCCC2)C1. The Morgan fingerprint density at radius 2 is 1.70 bits per heavy atom. The lowest BCUT2D eigenvalue weighted by molar-refractivity contribution is -0.140. The standard InChI is InChI=1S/C29H41IN2O5/c30-23-12-6-7-13-25(23)37-26-18-22(29(36)31-14-15-33)17-24(28(26)35)32(19-21-10-2-1-3-11-21)27(34)16-20-8-4-5-9-20/h6-7,12-13,18,20-21,24,26,28,33,35H,1-5,8-11,14-17,19H2,(H,31,36). The molecule has 1 aromatic rings. The van der Waals surface area contributed by atoms with E-state index in [0.717, 1.165) is 29.3 Å². The number of aliphatic hydroxyl groups excluding tert-OH is 2. The first-order valence-electron chi connectivity index (χ1n) is 13.9. The quantitative estimate of drug-likeness (QED) is 0.339. The van der Waals surface area contributed by atoms with Crippen LogP contribution in [0.2, 0.25) is 0 Å². The number of rotatable bonds is 10. The molecule has 1 aromatic carbocycles. The van der Waals surface area contributed by atoms with Gasteiger partial charge in [0, 0.05) is 31.5 Å². The molecule has 0 radical (unpaired) electrons. The molecule has 37 heavy (non-hydrogen) atoms. The van der Waals surface area contributed by atoms with Crippen molar-refractivity contribution < 1.29 is 24.5 Å². The number of hydrogen-bond donors (Lipinski definition) is 3. The number of ether oxygens (including phenoxy) is 1. The summed E-state index contributed by atoms with van der Waals surface area (Å²) in [7, 11) is 0. The van der Waals surface area contributed by atoms with Crippen molar-refractivity contribution in [3.63, 3.8) is 0 Å². The molecule has 4 rings (SSSR count). The molecule has 0 spiro atoms. The Morgan fingerprint density at radius 1 is 1.03 bits per heavy atom. The van der Waals surface area contributed by atoms with Gasteiger partial charge in [-0.15, -0.1) is 0 Å². The first-order valence-corrected chi connectivity index (χ1v) is 15.0. The number of para-hydroxylation sites is 1. The molecule has 7 nitrogen and oxygen atoms in total. The zero-order valence-electron chi connectivity index (χ0n) is 21.6. The second-order valence-electron chi connectivity index (χ2n) is 10.9. The van der Waals surface area contributed by atoms with Crippen LogP contribution >= 0.6 is 22.6 Å². The van der Waals surface area contributed by atoms with E-state index in [1.54, 1.807) is 6.08 Å². The van der Waals surface area contributed by atoms with Gasteiger partial charge in [-0.05, 0) is 78.3 Å². The van der Waals surface area contributed by atoms with Crippen LogP contribution in [-0.2, 0) is 9.59 Å². The van der Waals surface area contributed by atoms with Crippen molar-refractivity contribution in [3.05, 3.63) is 39.5 Å². The van der Waals surface area contributed by atoms with E-state index in [1.807, 2.05) is 29.2 Å². The predicted octanol–water partition coefficient (Wildman–Crippen LogP) is 4.20. The lowest BCUT2D eigenvalue weighted by Gasteiger charge is -2.42. The van der Waals surface area contributed by atoms with Crippen LogP contribution in [0.15, 0.2) is 35.9 Å². The maximum atomic E-state index is 13.8. The highest BCUT2D eigenvalue weighted by molar-refractivity contribution is 14.1. The Balaban J connectivity index is 1.61. The number of benzene rings is 1. The number of nitrogens with zero attached hydrogens (tertiary/aromatic N) is 1. The van der Waals surface area contributed by atoms with Crippen LogP contribution < -0.4 is 10.1 Å². The molecule has 2 fully saturated rings. The van der Waals surface area contributed by atoms with Crippen LogP contribution in [0, 0.1) is 15.4 Å². The molecule has 0 saturated heterocycles. The Morgan fingerprint density at radius 3 is 2.41 bits per heavy atom. The summed E-state index contributed by atoms with van der Waals surface area (Å²) in [5.74, 6) is 1.26. The number of amides is 2. The Kier molecular flexibility index (Phi) is 10.7. The van der Waals surface area contributed by atoms with Gasteiger partial charge in [0.2, 0.25) is 11.8 Å². The second kappa shape index (κ2) is 13.9. The summed E-state index contributed by atoms with van der Waals surface area (Å²) in [4.78, 5) is 28.7. The maximum absolute atomic E-state index is 13.8. The minimum Gasteiger partial charge on any atom is -0.482 e. The van der Waals surface area contributed by atoms with E-state index in [2.05, 4.69) is 27.9 Å². The van der Waals surface area contributed by atoms with E-state index >= 15 is 0 Å². The summed E-state index contributed by atoms with van der Waals surface area (Å²) in [6, 6.07) is 7.04. The number of halogens is 1. The van der Waals surface area contributed by atoms with Gasteiger partial charge in [-0.3, -0.25) is 9.59 Å². The van der Waals surface area contributed by atoms with E-state index in [1.165, 1.54) is 32.1 Å². The first kappa shape index (κ1) is 28.4. The number of carbonyl (C=O) groups is 2. The van der Waals surface area contributed by atoms with Crippen molar-refractivity contribution >= 4 is 34.4 Å². The number of hydrogen-bond acceptors (Lipinski definition) is 5. The minimum absolute atomic E-state index is 0.0894. The summed E-state index contributed by atoms with van der Waals surface area (Å²) in [6.07, 6.45) is 11.1. The molecule has 204 valence electrons. The third kappa shape index (κ3) is 7.69. The largest absolute Gasteiger partial charge is 0.482 e. The van der Waals surface area contributed by atoms with Crippen LogP contribution in [0.5, 0.6) is 5.75 Å². The van der Waals surface area contributed by atoms with Crippen molar-refractivity contribution in [2.75, 3.05) is 19.7 Å². The van der Waals surface area contributed by atoms with Gasteiger partial charge < -0.3 is 25.2 Å². The molecular formula is C29H41IN2O5. The highest BCUT2D eigenvalue weighted by Gasteiger charge is 2.41. The topological polar surface area (TPSA) is 99.1 Å². The molecule has 3 N–H and O–H groups in total. The molecule has 0 bridgehead atoms. The smallest absolute Gasteiger partial charge is 0.247 e. The van der Waals surface area contributed by atoms with Gasteiger partial charge in [-0.2, -0.15) is 0 Å². The van der Waals surface area contributed by atoms with Crippen molar-refractivity contribution in [1.29, 1.82) is 0 Å².